The van der Waals surface area contributed by atoms with Crippen LogP contribution < -0.4 is 5.32 Å². The highest BCUT2D eigenvalue weighted by Gasteiger charge is 2.10. The Morgan fingerprint density at radius 1 is 1.43 bits per heavy atom. The lowest BCUT2D eigenvalue weighted by Crippen LogP contribution is -2.35. The van der Waals surface area contributed by atoms with Gasteiger partial charge in [0, 0.05) is 24.6 Å². The molecule has 1 rings (SSSR count). The molecule has 2 nitrogen and oxygen atoms in total. The van der Waals surface area contributed by atoms with Crippen LogP contribution in [0.2, 0.25) is 0 Å². The molecule has 82 valence electrons. The first-order valence-corrected chi connectivity index (χ1v) is 5.57. The van der Waals surface area contributed by atoms with Gasteiger partial charge >= 0.3 is 0 Å². The molecule has 1 aliphatic rings. The zero-order valence-electron chi connectivity index (χ0n) is 9.68. The molecule has 0 spiro atoms. The summed E-state index contributed by atoms with van der Waals surface area (Å²) in [5, 5.41) is 3.43. The molecule has 0 aromatic rings. The Balaban J connectivity index is 2.13. The molecule has 1 N–H and O–H groups in total. The van der Waals surface area contributed by atoms with Crippen LogP contribution in [0.4, 0.5) is 0 Å². The summed E-state index contributed by atoms with van der Waals surface area (Å²) in [6.07, 6.45) is 7.01. The minimum Gasteiger partial charge on any atom is -0.381 e. The summed E-state index contributed by atoms with van der Waals surface area (Å²) >= 11 is 0. The Bertz CT molecular complexity index is 175. The minimum atomic E-state index is 0.216. The normalized spacial score (nSPS) is 24.4. The third-order valence-corrected chi connectivity index (χ3v) is 2.35. The van der Waals surface area contributed by atoms with Gasteiger partial charge in [-0.25, -0.2) is 0 Å². The van der Waals surface area contributed by atoms with Crippen molar-refractivity contribution in [1.29, 1.82) is 0 Å². The highest BCUT2D eigenvalue weighted by molar-refractivity contribution is 4.92. The van der Waals surface area contributed by atoms with Crippen molar-refractivity contribution in [3.8, 4) is 0 Å². The summed E-state index contributed by atoms with van der Waals surface area (Å²) < 4.78 is 5.41. The fourth-order valence-corrected chi connectivity index (χ4v) is 1.54. The molecule has 0 amide bonds. The van der Waals surface area contributed by atoms with Crippen LogP contribution in [0.15, 0.2) is 12.2 Å². The van der Waals surface area contributed by atoms with Gasteiger partial charge < -0.3 is 10.1 Å². The molecule has 0 saturated carbocycles. The van der Waals surface area contributed by atoms with Crippen molar-refractivity contribution in [1.82, 2.24) is 5.32 Å². The van der Waals surface area contributed by atoms with Crippen LogP contribution in [0.25, 0.3) is 0 Å². The summed E-state index contributed by atoms with van der Waals surface area (Å²) in [6.45, 7) is 9.37. The predicted octanol–water partition coefficient (Wildman–Crippen LogP) is 2.36. The van der Waals surface area contributed by atoms with Gasteiger partial charge in [-0.15, -0.1) is 0 Å². The second kappa shape index (κ2) is 5.52. The molecule has 1 aliphatic heterocycles. The van der Waals surface area contributed by atoms with Crippen LogP contribution in [0.3, 0.4) is 0 Å². The molecule has 0 aromatic carbocycles. The lowest BCUT2D eigenvalue weighted by molar-refractivity contribution is 0.0709. The van der Waals surface area contributed by atoms with Crippen LogP contribution in [-0.4, -0.2) is 25.3 Å². The smallest absolute Gasteiger partial charge is 0.0528 e. The van der Waals surface area contributed by atoms with Crippen LogP contribution in [0, 0.1) is 5.92 Å². The molecule has 0 aliphatic carbocycles. The molecule has 2 heteroatoms. The van der Waals surface area contributed by atoms with Gasteiger partial charge in [-0.1, -0.05) is 12.2 Å². The average Bonchev–Trinajstić information content (AvgIpc) is 2.13. The van der Waals surface area contributed by atoms with E-state index in [1.165, 1.54) is 12.8 Å². The summed E-state index contributed by atoms with van der Waals surface area (Å²) in [4.78, 5) is 0. The second-order valence-electron chi connectivity index (χ2n) is 5.04. The SMILES string of the molecule is CC(C)(C)NCC=CC1CCCOC1. The van der Waals surface area contributed by atoms with E-state index in [0.717, 1.165) is 19.8 Å². The zero-order valence-corrected chi connectivity index (χ0v) is 9.68. The van der Waals surface area contributed by atoms with Crippen LogP contribution in [0.5, 0.6) is 0 Å². The Hall–Kier alpha value is -0.340. The first kappa shape index (κ1) is 11.7. The van der Waals surface area contributed by atoms with E-state index in [2.05, 4.69) is 38.2 Å². The van der Waals surface area contributed by atoms with Crippen molar-refractivity contribution in [2.45, 2.75) is 39.2 Å². The van der Waals surface area contributed by atoms with Crippen LogP contribution >= 0.6 is 0 Å². The largest absolute Gasteiger partial charge is 0.381 e. The van der Waals surface area contributed by atoms with Gasteiger partial charge in [0.05, 0.1) is 6.61 Å². The summed E-state index contributed by atoms with van der Waals surface area (Å²) in [7, 11) is 0. The highest BCUT2D eigenvalue weighted by Crippen LogP contribution is 2.14. The van der Waals surface area contributed by atoms with Gasteiger partial charge in [-0.3, -0.25) is 0 Å². The maximum atomic E-state index is 5.41. The highest BCUT2D eigenvalue weighted by atomic mass is 16.5. The van der Waals surface area contributed by atoms with Gasteiger partial charge in [0.1, 0.15) is 0 Å². The van der Waals surface area contributed by atoms with Gasteiger partial charge in [0.2, 0.25) is 0 Å². The number of rotatable bonds is 3. The van der Waals surface area contributed by atoms with Gasteiger partial charge in [-0.2, -0.15) is 0 Å². The molecule has 0 bridgehead atoms. The number of nitrogens with one attached hydrogen (secondary N) is 1. The van der Waals surface area contributed by atoms with Gasteiger partial charge in [0.25, 0.3) is 0 Å². The molecule has 1 unspecified atom stereocenters. The number of hydrogen-bond donors (Lipinski definition) is 1. The van der Waals surface area contributed by atoms with E-state index in [1.807, 2.05) is 0 Å². The van der Waals surface area contributed by atoms with Crippen LogP contribution in [0.1, 0.15) is 33.6 Å². The lowest BCUT2D eigenvalue weighted by Gasteiger charge is -2.20. The van der Waals surface area contributed by atoms with Crippen molar-refractivity contribution in [3.05, 3.63) is 12.2 Å². The molecular formula is C12H23NO. The fourth-order valence-electron chi connectivity index (χ4n) is 1.54. The molecular weight excluding hydrogens is 174 g/mol. The molecule has 1 heterocycles. The average molecular weight is 197 g/mol. The maximum absolute atomic E-state index is 5.41. The van der Waals surface area contributed by atoms with E-state index in [9.17, 15) is 0 Å². The van der Waals surface area contributed by atoms with E-state index in [4.69, 9.17) is 4.74 Å². The van der Waals surface area contributed by atoms with Gasteiger partial charge in [0.15, 0.2) is 0 Å². The van der Waals surface area contributed by atoms with Gasteiger partial charge in [-0.05, 0) is 33.6 Å². The Labute approximate surface area is 87.7 Å². The fraction of sp³-hybridized carbons (Fsp3) is 0.833. The van der Waals surface area contributed by atoms with E-state index >= 15 is 0 Å². The monoisotopic (exact) mass is 197 g/mol. The lowest BCUT2D eigenvalue weighted by atomic mass is 10.0. The van der Waals surface area contributed by atoms with E-state index in [-0.39, 0.29) is 5.54 Å². The Morgan fingerprint density at radius 3 is 2.79 bits per heavy atom. The molecule has 1 atom stereocenters. The maximum Gasteiger partial charge on any atom is 0.0528 e. The van der Waals surface area contributed by atoms with Crippen molar-refractivity contribution in [2.24, 2.45) is 5.92 Å². The standard InChI is InChI=1S/C12H23NO/c1-12(2,3)13-8-4-6-11-7-5-9-14-10-11/h4,6,11,13H,5,7-10H2,1-3H3. The quantitative estimate of drug-likeness (QED) is 0.701. The molecule has 1 fully saturated rings. The Kier molecular flexibility index (Phi) is 4.63. The molecule has 0 radical (unpaired) electrons. The summed E-state index contributed by atoms with van der Waals surface area (Å²) in [6, 6.07) is 0. The molecule has 14 heavy (non-hydrogen) atoms. The third kappa shape index (κ3) is 5.40. The minimum absolute atomic E-state index is 0.216. The Morgan fingerprint density at radius 2 is 2.21 bits per heavy atom. The predicted molar refractivity (Wildman–Crippen MR) is 60.4 cm³/mol. The molecule has 1 saturated heterocycles. The van der Waals surface area contributed by atoms with Crippen molar-refractivity contribution < 1.29 is 4.74 Å². The first-order valence-electron chi connectivity index (χ1n) is 5.57. The van der Waals surface area contributed by atoms with E-state index in [1.54, 1.807) is 0 Å². The van der Waals surface area contributed by atoms with Crippen molar-refractivity contribution >= 4 is 0 Å². The summed E-state index contributed by atoms with van der Waals surface area (Å²) in [5.41, 5.74) is 0.216. The van der Waals surface area contributed by atoms with Crippen molar-refractivity contribution in [3.63, 3.8) is 0 Å². The summed E-state index contributed by atoms with van der Waals surface area (Å²) in [5.74, 6) is 0.644. The topological polar surface area (TPSA) is 21.3 Å². The third-order valence-electron chi connectivity index (χ3n) is 2.35. The number of hydrogen-bond acceptors (Lipinski definition) is 2. The first-order chi connectivity index (χ1) is 6.58. The second-order valence-corrected chi connectivity index (χ2v) is 5.04. The number of ether oxygens (including phenoxy) is 1. The van der Waals surface area contributed by atoms with Crippen molar-refractivity contribution in [2.75, 3.05) is 19.8 Å². The van der Waals surface area contributed by atoms with E-state index < -0.39 is 0 Å². The van der Waals surface area contributed by atoms with Crippen LogP contribution in [-0.2, 0) is 4.74 Å². The molecule has 0 aromatic heterocycles. The van der Waals surface area contributed by atoms with E-state index in [0.29, 0.717) is 5.92 Å². The zero-order chi connectivity index (χ0) is 10.4.